The zero-order valence-corrected chi connectivity index (χ0v) is 13.4. The Morgan fingerprint density at radius 2 is 2.09 bits per heavy atom. The predicted octanol–water partition coefficient (Wildman–Crippen LogP) is 1.76. The monoisotopic (exact) mass is 313 g/mol. The van der Waals surface area contributed by atoms with Crippen LogP contribution in [0.5, 0.6) is 0 Å². The molecule has 1 saturated carbocycles. The minimum atomic E-state index is -0.152. The van der Waals surface area contributed by atoms with E-state index in [1.165, 1.54) is 12.8 Å². The molecule has 0 spiro atoms. The van der Waals surface area contributed by atoms with Crippen molar-refractivity contribution in [3.8, 4) is 0 Å². The smallest absolute Gasteiger partial charge is 0.228 e. The second-order valence-corrected chi connectivity index (χ2v) is 7.00. The van der Waals surface area contributed by atoms with Gasteiger partial charge in [-0.2, -0.15) is 0 Å². The predicted molar refractivity (Wildman–Crippen MR) is 85.4 cm³/mol. The molecule has 2 amide bonds. The maximum Gasteiger partial charge on any atom is 0.228 e. The van der Waals surface area contributed by atoms with Crippen LogP contribution in [-0.4, -0.2) is 45.7 Å². The lowest BCUT2D eigenvalue weighted by Crippen LogP contribution is -2.41. The highest BCUT2D eigenvalue weighted by atomic mass is 16.2. The molecule has 3 heterocycles. The number of pyridine rings is 1. The molecule has 122 valence electrons. The van der Waals surface area contributed by atoms with E-state index in [9.17, 15) is 9.59 Å². The third kappa shape index (κ3) is 2.73. The normalized spacial score (nSPS) is 25.0. The van der Waals surface area contributed by atoms with Crippen molar-refractivity contribution in [2.45, 2.75) is 51.1 Å². The maximum absolute atomic E-state index is 12.8. The number of likely N-dealkylation sites (tertiary alicyclic amines) is 1. The summed E-state index contributed by atoms with van der Waals surface area (Å²) in [6.45, 7) is 1.98. The molecule has 5 heteroatoms. The van der Waals surface area contributed by atoms with E-state index in [0.717, 1.165) is 37.1 Å². The van der Waals surface area contributed by atoms with Crippen molar-refractivity contribution in [2.24, 2.45) is 5.92 Å². The lowest BCUT2D eigenvalue weighted by molar-refractivity contribution is -0.136. The Kier molecular flexibility index (Phi) is 3.79. The van der Waals surface area contributed by atoms with E-state index in [2.05, 4.69) is 4.98 Å². The molecular weight excluding hydrogens is 290 g/mol. The van der Waals surface area contributed by atoms with E-state index in [-0.39, 0.29) is 17.7 Å². The molecule has 4 rings (SSSR count). The molecule has 23 heavy (non-hydrogen) atoms. The molecule has 5 nitrogen and oxygen atoms in total. The average Bonchev–Trinajstić information content (AvgIpc) is 3.23. The number of fused-ring (bicyclic) bond motifs is 1. The molecule has 1 aliphatic carbocycles. The zero-order valence-electron chi connectivity index (χ0n) is 13.4. The summed E-state index contributed by atoms with van der Waals surface area (Å²) in [5, 5.41) is 0. The number of hydrogen-bond acceptors (Lipinski definition) is 3. The summed E-state index contributed by atoms with van der Waals surface area (Å²) >= 11 is 0. The second kappa shape index (κ2) is 5.95. The molecule has 1 aromatic heterocycles. The quantitative estimate of drug-likeness (QED) is 0.836. The number of carbonyl (C=O) groups excluding carboxylic acids is 2. The van der Waals surface area contributed by atoms with Crippen molar-refractivity contribution >= 4 is 11.8 Å². The summed E-state index contributed by atoms with van der Waals surface area (Å²) in [4.78, 5) is 33.4. The van der Waals surface area contributed by atoms with Gasteiger partial charge in [0.1, 0.15) is 0 Å². The van der Waals surface area contributed by atoms with Gasteiger partial charge in [-0.05, 0) is 24.5 Å². The lowest BCUT2D eigenvalue weighted by Gasteiger charge is -2.30. The Hall–Kier alpha value is -1.91. The van der Waals surface area contributed by atoms with Crippen LogP contribution in [0.25, 0.3) is 0 Å². The van der Waals surface area contributed by atoms with Gasteiger partial charge in [-0.25, -0.2) is 0 Å². The van der Waals surface area contributed by atoms with Gasteiger partial charge in [0.2, 0.25) is 11.8 Å². The van der Waals surface area contributed by atoms with Gasteiger partial charge in [0.25, 0.3) is 0 Å². The zero-order chi connectivity index (χ0) is 15.8. The standard InChI is InChI=1S/C18H23N3O2/c22-17-10-14(12-21(17)15-5-1-2-6-15)18(23)20-9-7-16-13(11-20)4-3-8-19-16/h3-4,8,14-15H,1-2,5-7,9-12H2/t14-/m1/s1. The van der Waals surface area contributed by atoms with E-state index in [1.54, 1.807) is 0 Å². The van der Waals surface area contributed by atoms with Crippen molar-refractivity contribution in [3.63, 3.8) is 0 Å². The van der Waals surface area contributed by atoms with Crippen molar-refractivity contribution in [1.29, 1.82) is 0 Å². The van der Waals surface area contributed by atoms with E-state index in [1.807, 2.05) is 28.1 Å². The first-order chi connectivity index (χ1) is 11.2. The summed E-state index contributed by atoms with van der Waals surface area (Å²) in [7, 11) is 0. The van der Waals surface area contributed by atoms with E-state index < -0.39 is 0 Å². The first-order valence-electron chi connectivity index (χ1n) is 8.73. The molecule has 1 aromatic rings. The molecular formula is C18H23N3O2. The molecule has 2 fully saturated rings. The SMILES string of the molecule is O=C([C@@H]1CC(=O)N(C2CCCC2)C1)N1CCc2ncccc2C1. The van der Waals surface area contributed by atoms with E-state index in [4.69, 9.17) is 0 Å². The van der Waals surface area contributed by atoms with Gasteiger partial charge < -0.3 is 9.80 Å². The highest BCUT2D eigenvalue weighted by molar-refractivity contribution is 5.89. The molecule has 1 atom stereocenters. The Morgan fingerprint density at radius 1 is 1.26 bits per heavy atom. The molecule has 0 aromatic carbocycles. The topological polar surface area (TPSA) is 53.5 Å². The molecule has 3 aliphatic rings. The van der Waals surface area contributed by atoms with Crippen molar-refractivity contribution < 1.29 is 9.59 Å². The summed E-state index contributed by atoms with van der Waals surface area (Å²) in [6, 6.07) is 4.35. The summed E-state index contributed by atoms with van der Waals surface area (Å²) in [5.41, 5.74) is 2.25. The fourth-order valence-corrected chi connectivity index (χ4v) is 4.28. The highest BCUT2D eigenvalue weighted by Crippen LogP contribution is 2.31. The molecule has 0 unspecified atom stereocenters. The molecule has 0 radical (unpaired) electrons. The minimum Gasteiger partial charge on any atom is -0.339 e. The van der Waals surface area contributed by atoms with Crippen LogP contribution in [0.15, 0.2) is 18.3 Å². The highest BCUT2D eigenvalue weighted by Gasteiger charge is 2.40. The van der Waals surface area contributed by atoms with Gasteiger partial charge in [-0.3, -0.25) is 14.6 Å². The van der Waals surface area contributed by atoms with Gasteiger partial charge in [0.05, 0.1) is 5.92 Å². The van der Waals surface area contributed by atoms with Crippen molar-refractivity contribution in [1.82, 2.24) is 14.8 Å². The van der Waals surface area contributed by atoms with Gasteiger partial charge in [0.15, 0.2) is 0 Å². The molecule has 0 N–H and O–H groups in total. The van der Waals surface area contributed by atoms with Gasteiger partial charge in [-0.1, -0.05) is 18.9 Å². The van der Waals surface area contributed by atoms with Crippen LogP contribution in [0.1, 0.15) is 43.4 Å². The number of aromatic nitrogens is 1. The average molecular weight is 313 g/mol. The number of hydrogen-bond donors (Lipinski definition) is 0. The third-order valence-corrected chi connectivity index (χ3v) is 5.55. The van der Waals surface area contributed by atoms with Crippen LogP contribution in [0.2, 0.25) is 0 Å². The van der Waals surface area contributed by atoms with Crippen LogP contribution in [0.4, 0.5) is 0 Å². The van der Waals surface area contributed by atoms with Crippen molar-refractivity contribution in [3.05, 3.63) is 29.6 Å². The van der Waals surface area contributed by atoms with E-state index >= 15 is 0 Å². The van der Waals surface area contributed by atoms with Crippen LogP contribution < -0.4 is 0 Å². The third-order valence-electron chi connectivity index (χ3n) is 5.55. The van der Waals surface area contributed by atoms with Crippen LogP contribution in [0, 0.1) is 5.92 Å². The van der Waals surface area contributed by atoms with E-state index in [0.29, 0.717) is 25.6 Å². The number of amides is 2. The summed E-state index contributed by atoms with van der Waals surface area (Å²) in [6.07, 6.45) is 7.66. The minimum absolute atomic E-state index is 0.147. The van der Waals surface area contributed by atoms with Crippen LogP contribution in [-0.2, 0) is 22.6 Å². The Morgan fingerprint density at radius 3 is 2.91 bits per heavy atom. The van der Waals surface area contributed by atoms with Gasteiger partial charge >= 0.3 is 0 Å². The van der Waals surface area contributed by atoms with Gasteiger partial charge in [-0.15, -0.1) is 0 Å². The lowest BCUT2D eigenvalue weighted by atomic mass is 10.0. The largest absolute Gasteiger partial charge is 0.339 e. The maximum atomic E-state index is 12.8. The first kappa shape index (κ1) is 14.7. The Balaban J connectivity index is 1.43. The first-order valence-corrected chi connectivity index (χ1v) is 8.73. The molecule has 2 aliphatic heterocycles. The molecule has 0 bridgehead atoms. The number of rotatable bonds is 2. The fourth-order valence-electron chi connectivity index (χ4n) is 4.28. The number of nitrogens with zero attached hydrogens (tertiary/aromatic N) is 3. The number of carbonyl (C=O) groups is 2. The van der Waals surface area contributed by atoms with Crippen molar-refractivity contribution in [2.75, 3.05) is 13.1 Å². The van der Waals surface area contributed by atoms with Gasteiger partial charge in [0, 0.05) is 50.4 Å². The fraction of sp³-hybridized carbons (Fsp3) is 0.611. The van der Waals surface area contributed by atoms with Crippen LogP contribution in [0.3, 0.4) is 0 Å². The Labute approximate surface area is 136 Å². The second-order valence-electron chi connectivity index (χ2n) is 7.00. The summed E-state index contributed by atoms with van der Waals surface area (Å²) < 4.78 is 0. The summed E-state index contributed by atoms with van der Waals surface area (Å²) in [5.74, 6) is 0.170. The Bertz CT molecular complexity index is 624. The van der Waals surface area contributed by atoms with Crippen LogP contribution >= 0.6 is 0 Å². The molecule has 1 saturated heterocycles.